The summed E-state index contributed by atoms with van der Waals surface area (Å²) < 4.78 is 2.14. The number of anilines is 2. The van der Waals surface area contributed by atoms with Gasteiger partial charge in [0.05, 0.1) is 11.2 Å². The van der Waals surface area contributed by atoms with E-state index >= 15 is 0 Å². The SMILES string of the molecule is C=CC.CCc1cn2cccc2c(N2CCC(NC(=O)c3csc(N4CCCCC4)n3)C2)n1. The van der Waals surface area contributed by atoms with Gasteiger partial charge in [-0.15, -0.1) is 17.9 Å². The minimum absolute atomic E-state index is 0.0653. The molecule has 2 aliphatic heterocycles. The zero-order valence-electron chi connectivity index (χ0n) is 19.7. The summed E-state index contributed by atoms with van der Waals surface area (Å²) in [7, 11) is 0. The Hall–Kier alpha value is -2.87. The van der Waals surface area contributed by atoms with Crippen molar-refractivity contribution in [2.45, 2.75) is 52.0 Å². The van der Waals surface area contributed by atoms with Crippen LogP contribution in [-0.4, -0.2) is 52.5 Å². The first-order chi connectivity index (χ1) is 16.1. The van der Waals surface area contributed by atoms with Gasteiger partial charge in [-0.25, -0.2) is 9.97 Å². The summed E-state index contributed by atoms with van der Waals surface area (Å²) in [4.78, 5) is 26.9. The van der Waals surface area contributed by atoms with Crippen LogP contribution in [0.4, 0.5) is 10.9 Å². The molecule has 2 fully saturated rings. The van der Waals surface area contributed by atoms with Crippen LogP contribution in [-0.2, 0) is 6.42 Å². The van der Waals surface area contributed by atoms with E-state index in [4.69, 9.17) is 4.98 Å². The molecular formula is C25H34N6OS. The Kier molecular flexibility index (Phi) is 7.65. The zero-order chi connectivity index (χ0) is 23.2. The van der Waals surface area contributed by atoms with Crippen LogP contribution in [0.15, 0.2) is 42.6 Å². The molecule has 33 heavy (non-hydrogen) atoms. The maximum Gasteiger partial charge on any atom is 0.271 e. The topological polar surface area (TPSA) is 65.8 Å². The van der Waals surface area contributed by atoms with Crippen molar-refractivity contribution in [3.8, 4) is 0 Å². The third kappa shape index (κ3) is 5.38. The normalized spacial score (nSPS) is 18.2. The summed E-state index contributed by atoms with van der Waals surface area (Å²) in [6, 6.07) is 4.27. The first-order valence-electron chi connectivity index (χ1n) is 11.9. The highest BCUT2D eigenvalue weighted by atomic mass is 32.1. The van der Waals surface area contributed by atoms with Crippen molar-refractivity contribution in [3.63, 3.8) is 0 Å². The first-order valence-corrected chi connectivity index (χ1v) is 12.8. The Bertz CT molecular complexity index is 1080. The number of fused-ring (bicyclic) bond motifs is 1. The first kappa shape index (κ1) is 23.3. The van der Waals surface area contributed by atoms with E-state index < -0.39 is 0 Å². The maximum atomic E-state index is 12.8. The molecule has 1 atom stereocenters. The summed E-state index contributed by atoms with van der Waals surface area (Å²) >= 11 is 1.58. The van der Waals surface area contributed by atoms with Gasteiger partial charge in [-0.05, 0) is 51.2 Å². The van der Waals surface area contributed by atoms with Crippen molar-refractivity contribution in [1.82, 2.24) is 19.7 Å². The minimum Gasteiger partial charge on any atom is -0.353 e. The van der Waals surface area contributed by atoms with Crippen LogP contribution in [0.2, 0.25) is 0 Å². The molecule has 2 aliphatic rings. The van der Waals surface area contributed by atoms with Crippen molar-refractivity contribution < 1.29 is 4.79 Å². The molecule has 0 spiro atoms. The smallest absolute Gasteiger partial charge is 0.271 e. The van der Waals surface area contributed by atoms with Gasteiger partial charge < -0.3 is 19.5 Å². The lowest BCUT2D eigenvalue weighted by molar-refractivity contribution is 0.0936. The number of hydrogen-bond acceptors (Lipinski definition) is 6. The molecule has 3 aromatic heterocycles. The molecule has 7 nitrogen and oxygen atoms in total. The van der Waals surface area contributed by atoms with Gasteiger partial charge in [-0.2, -0.15) is 0 Å². The van der Waals surface area contributed by atoms with Crippen molar-refractivity contribution in [2.75, 3.05) is 36.0 Å². The predicted molar refractivity (Wildman–Crippen MR) is 137 cm³/mol. The zero-order valence-corrected chi connectivity index (χ0v) is 20.5. The summed E-state index contributed by atoms with van der Waals surface area (Å²) in [5, 5.41) is 6.06. The molecule has 1 N–H and O–H groups in total. The fraction of sp³-hybridized carbons (Fsp3) is 0.480. The lowest BCUT2D eigenvalue weighted by Crippen LogP contribution is -2.37. The monoisotopic (exact) mass is 466 g/mol. The van der Waals surface area contributed by atoms with Crippen LogP contribution in [0.1, 0.15) is 55.7 Å². The summed E-state index contributed by atoms with van der Waals surface area (Å²) in [6.45, 7) is 11.1. The number of nitrogens with one attached hydrogen (secondary N) is 1. The van der Waals surface area contributed by atoms with E-state index in [0.717, 1.165) is 61.2 Å². The van der Waals surface area contributed by atoms with Crippen LogP contribution in [0.5, 0.6) is 0 Å². The maximum absolute atomic E-state index is 12.8. The van der Waals surface area contributed by atoms with Gasteiger partial charge in [-0.3, -0.25) is 4.79 Å². The number of allylic oxidation sites excluding steroid dienone is 1. The number of thiazole rings is 1. The highest BCUT2D eigenvalue weighted by molar-refractivity contribution is 7.13. The molecular weight excluding hydrogens is 432 g/mol. The molecule has 5 heterocycles. The number of carbonyl (C=O) groups excluding carboxylic acids is 1. The van der Waals surface area contributed by atoms with E-state index in [2.05, 4.69) is 62.5 Å². The quantitative estimate of drug-likeness (QED) is 0.559. The van der Waals surface area contributed by atoms with Gasteiger partial charge in [0.2, 0.25) is 0 Å². The van der Waals surface area contributed by atoms with Gasteiger partial charge >= 0.3 is 0 Å². The fourth-order valence-corrected chi connectivity index (χ4v) is 5.27. The summed E-state index contributed by atoms with van der Waals surface area (Å²) in [5.74, 6) is 0.946. The molecule has 1 unspecified atom stereocenters. The number of piperidine rings is 1. The van der Waals surface area contributed by atoms with Crippen LogP contribution < -0.4 is 15.1 Å². The Labute approximate surface area is 200 Å². The van der Waals surface area contributed by atoms with Gasteiger partial charge in [0.1, 0.15) is 5.69 Å². The number of hydrogen-bond donors (Lipinski definition) is 1. The molecule has 5 rings (SSSR count). The van der Waals surface area contributed by atoms with Gasteiger partial charge in [0, 0.05) is 50.0 Å². The molecule has 8 heteroatoms. The number of carbonyl (C=O) groups is 1. The molecule has 2 saturated heterocycles. The average molecular weight is 467 g/mol. The molecule has 1 amide bonds. The van der Waals surface area contributed by atoms with Gasteiger partial charge in [0.15, 0.2) is 10.9 Å². The van der Waals surface area contributed by atoms with E-state index in [1.54, 1.807) is 17.4 Å². The average Bonchev–Trinajstić information content (AvgIpc) is 3.60. The lowest BCUT2D eigenvalue weighted by atomic mass is 10.1. The van der Waals surface area contributed by atoms with Gasteiger partial charge in [0.25, 0.3) is 5.91 Å². The van der Waals surface area contributed by atoms with Crippen molar-refractivity contribution in [3.05, 3.63) is 53.9 Å². The largest absolute Gasteiger partial charge is 0.353 e. The number of amides is 1. The molecule has 176 valence electrons. The second kappa shape index (κ2) is 10.8. The Balaban J connectivity index is 0.000000821. The Morgan fingerprint density at radius 2 is 2.03 bits per heavy atom. The number of rotatable bonds is 5. The van der Waals surface area contributed by atoms with Gasteiger partial charge in [-0.1, -0.05) is 13.0 Å². The molecule has 0 bridgehead atoms. The Morgan fingerprint density at radius 1 is 1.24 bits per heavy atom. The molecule has 0 saturated carbocycles. The highest BCUT2D eigenvalue weighted by Gasteiger charge is 2.27. The number of aromatic nitrogens is 3. The minimum atomic E-state index is -0.0653. The summed E-state index contributed by atoms with van der Waals surface area (Å²) in [5.41, 5.74) is 2.73. The van der Waals surface area contributed by atoms with Crippen LogP contribution in [0.25, 0.3) is 5.52 Å². The van der Waals surface area contributed by atoms with E-state index in [1.165, 1.54) is 19.3 Å². The standard InChI is InChI=1S/C22H28N6OS.C3H6/c1-2-16-13-27-11-6-7-19(27)20(23-16)28-12-8-17(14-28)24-21(29)18-15-30-22(25-18)26-9-4-3-5-10-26;1-3-2/h6-7,11,13,15,17H,2-5,8-10,12,14H2,1H3,(H,24,29);3H,1H2,2H3. The van der Waals surface area contributed by atoms with E-state index in [0.29, 0.717) is 5.69 Å². The molecule has 0 radical (unpaired) electrons. The Morgan fingerprint density at radius 3 is 2.79 bits per heavy atom. The summed E-state index contributed by atoms with van der Waals surface area (Å²) in [6.07, 6.45) is 11.4. The fourth-order valence-electron chi connectivity index (χ4n) is 4.41. The van der Waals surface area contributed by atoms with E-state index in [1.807, 2.05) is 12.3 Å². The van der Waals surface area contributed by atoms with Crippen LogP contribution in [0, 0.1) is 0 Å². The number of aryl methyl sites for hydroxylation is 1. The molecule has 3 aromatic rings. The number of nitrogens with zero attached hydrogens (tertiary/aromatic N) is 5. The van der Waals surface area contributed by atoms with E-state index in [-0.39, 0.29) is 11.9 Å². The third-order valence-corrected chi connectivity index (χ3v) is 6.98. The second-order valence-corrected chi connectivity index (χ2v) is 9.42. The third-order valence-electron chi connectivity index (χ3n) is 6.08. The van der Waals surface area contributed by atoms with Crippen LogP contribution in [0.3, 0.4) is 0 Å². The van der Waals surface area contributed by atoms with Crippen molar-refractivity contribution in [1.29, 1.82) is 0 Å². The van der Waals surface area contributed by atoms with E-state index in [9.17, 15) is 4.79 Å². The predicted octanol–water partition coefficient (Wildman–Crippen LogP) is 4.54. The van der Waals surface area contributed by atoms with Crippen molar-refractivity contribution >= 4 is 33.7 Å². The molecule has 0 aliphatic carbocycles. The van der Waals surface area contributed by atoms with Crippen molar-refractivity contribution in [2.24, 2.45) is 0 Å². The molecule has 0 aromatic carbocycles. The highest BCUT2D eigenvalue weighted by Crippen LogP contribution is 2.26. The second-order valence-electron chi connectivity index (χ2n) is 8.59. The lowest BCUT2D eigenvalue weighted by Gasteiger charge is -2.25. The van der Waals surface area contributed by atoms with Crippen LogP contribution >= 0.6 is 11.3 Å².